The van der Waals surface area contributed by atoms with Crippen molar-refractivity contribution in [3.8, 4) is 0 Å². The number of carbonyl (C=O) groups excluding carboxylic acids is 2. The molecule has 0 bridgehead atoms. The van der Waals surface area contributed by atoms with Crippen LogP contribution in [-0.2, 0) is 9.59 Å². The van der Waals surface area contributed by atoms with E-state index in [1.165, 1.54) is 0 Å². The smallest absolute Gasteiger partial charge is 0.326 e. The number of amides is 3. The lowest BCUT2D eigenvalue weighted by molar-refractivity contribution is -0.139. The molecule has 2 atom stereocenters. The van der Waals surface area contributed by atoms with E-state index in [4.69, 9.17) is 10.2 Å². The van der Waals surface area contributed by atoms with E-state index >= 15 is 0 Å². The number of carbonyl (C=O) groups is 3. The summed E-state index contributed by atoms with van der Waals surface area (Å²) in [6.07, 6.45) is 0.811. The van der Waals surface area contributed by atoms with Crippen molar-refractivity contribution in [2.75, 3.05) is 13.2 Å². The van der Waals surface area contributed by atoms with Crippen molar-refractivity contribution in [3.63, 3.8) is 0 Å². The minimum Gasteiger partial charge on any atom is -0.480 e. The first kappa shape index (κ1) is 14.2. The molecule has 8 nitrogen and oxygen atoms in total. The summed E-state index contributed by atoms with van der Waals surface area (Å²) >= 11 is 0. The van der Waals surface area contributed by atoms with E-state index in [2.05, 4.69) is 16.0 Å². The van der Waals surface area contributed by atoms with Crippen LogP contribution in [0.25, 0.3) is 0 Å². The quantitative estimate of drug-likeness (QED) is 0.406. The van der Waals surface area contributed by atoms with Gasteiger partial charge < -0.3 is 26.2 Å². The topological polar surface area (TPSA) is 128 Å². The summed E-state index contributed by atoms with van der Waals surface area (Å²) in [5.41, 5.74) is 0. The maximum atomic E-state index is 11.5. The van der Waals surface area contributed by atoms with Gasteiger partial charge in [0, 0.05) is 32.0 Å². The maximum Gasteiger partial charge on any atom is 0.326 e. The van der Waals surface area contributed by atoms with Crippen molar-refractivity contribution >= 4 is 17.9 Å². The number of nitrogens with one attached hydrogen (secondary N) is 3. The highest BCUT2D eigenvalue weighted by atomic mass is 16.4. The Morgan fingerprint density at radius 1 is 1.50 bits per heavy atom. The molecule has 102 valence electrons. The number of aliphatic hydroxyl groups is 1. The van der Waals surface area contributed by atoms with Crippen LogP contribution in [0.5, 0.6) is 0 Å². The zero-order valence-corrected chi connectivity index (χ0v) is 9.81. The summed E-state index contributed by atoms with van der Waals surface area (Å²) in [7, 11) is 0. The SMILES string of the molecule is O=C1CCC(NC(=O)NC(CCO)C(=O)O)CN1. The first-order valence-corrected chi connectivity index (χ1v) is 5.70. The Hall–Kier alpha value is -1.83. The molecule has 2 unspecified atom stereocenters. The number of carboxylic acid groups (broad SMARTS) is 1. The number of aliphatic carboxylic acids is 1. The number of urea groups is 1. The summed E-state index contributed by atoms with van der Waals surface area (Å²) in [6, 6.07) is -1.93. The van der Waals surface area contributed by atoms with Crippen molar-refractivity contribution in [2.24, 2.45) is 0 Å². The number of aliphatic hydroxyl groups excluding tert-OH is 1. The molecule has 1 fully saturated rings. The highest BCUT2D eigenvalue weighted by Gasteiger charge is 2.23. The van der Waals surface area contributed by atoms with Crippen LogP contribution in [0.15, 0.2) is 0 Å². The van der Waals surface area contributed by atoms with Crippen LogP contribution in [0, 0.1) is 0 Å². The van der Waals surface area contributed by atoms with Crippen LogP contribution in [0.3, 0.4) is 0 Å². The fourth-order valence-electron chi connectivity index (χ4n) is 1.63. The second-order valence-corrected chi connectivity index (χ2v) is 4.06. The molecule has 8 heteroatoms. The van der Waals surface area contributed by atoms with Gasteiger partial charge in [-0.05, 0) is 6.42 Å². The normalized spacial score (nSPS) is 20.7. The van der Waals surface area contributed by atoms with Crippen molar-refractivity contribution < 1.29 is 24.6 Å². The molecule has 1 heterocycles. The van der Waals surface area contributed by atoms with E-state index in [-0.39, 0.29) is 25.0 Å². The van der Waals surface area contributed by atoms with Gasteiger partial charge in [-0.25, -0.2) is 9.59 Å². The molecule has 0 aromatic heterocycles. The minimum atomic E-state index is -1.20. The summed E-state index contributed by atoms with van der Waals surface area (Å²) < 4.78 is 0. The summed E-state index contributed by atoms with van der Waals surface area (Å²) in [5.74, 6) is -1.26. The van der Waals surface area contributed by atoms with Crippen LogP contribution < -0.4 is 16.0 Å². The van der Waals surface area contributed by atoms with Gasteiger partial charge in [0.25, 0.3) is 0 Å². The predicted molar refractivity (Wildman–Crippen MR) is 60.8 cm³/mol. The lowest BCUT2D eigenvalue weighted by Crippen LogP contribution is -2.53. The summed E-state index contributed by atoms with van der Waals surface area (Å²) in [6.45, 7) is 0.0146. The molecule has 0 spiro atoms. The monoisotopic (exact) mass is 259 g/mol. The molecule has 1 aliphatic rings. The first-order valence-electron chi connectivity index (χ1n) is 5.70. The van der Waals surface area contributed by atoms with E-state index in [1.807, 2.05) is 0 Å². The molecule has 18 heavy (non-hydrogen) atoms. The highest BCUT2D eigenvalue weighted by Crippen LogP contribution is 2.02. The average Bonchev–Trinajstić information content (AvgIpc) is 2.31. The first-order chi connectivity index (χ1) is 8.52. The Morgan fingerprint density at radius 3 is 2.72 bits per heavy atom. The second kappa shape index (κ2) is 6.80. The highest BCUT2D eigenvalue weighted by molar-refractivity contribution is 5.83. The van der Waals surface area contributed by atoms with Crippen molar-refractivity contribution in [2.45, 2.75) is 31.3 Å². The average molecular weight is 259 g/mol. The molecule has 0 aromatic carbocycles. The van der Waals surface area contributed by atoms with Crippen LogP contribution >= 0.6 is 0 Å². The Balaban J connectivity index is 2.35. The third kappa shape index (κ3) is 4.58. The Kier molecular flexibility index (Phi) is 5.37. The predicted octanol–water partition coefficient (Wildman–Crippen LogP) is -1.60. The third-order valence-electron chi connectivity index (χ3n) is 2.62. The van der Waals surface area contributed by atoms with Gasteiger partial charge in [-0.1, -0.05) is 0 Å². The van der Waals surface area contributed by atoms with Crippen molar-refractivity contribution in [3.05, 3.63) is 0 Å². The summed E-state index contributed by atoms with van der Waals surface area (Å²) in [5, 5.41) is 24.9. The second-order valence-electron chi connectivity index (χ2n) is 4.06. The standard InChI is InChI=1S/C10H17N3O5/c14-4-3-7(9(16)17)13-10(18)12-6-1-2-8(15)11-5-6/h6-7,14H,1-5H2,(H,11,15)(H,16,17)(H2,12,13,18). The lowest BCUT2D eigenvalue weighted by atomic mass is 10.1. The number of rotatable bonds is 5. The number of piperidine rings is 1. The fraction of sp³-hybridized carbons (Fsp3) is 0.700. The number of hydrogen-bond acceptors (Lipinski definition) is 4. The van der Waals surface area contributed by atoms with Gasteiger partial charge in [-0.3, -0.25) is 4.79 Å². The van der Waals surface area contributed by atoms with E-state index < -0.39 is 18.0 Å². The van der Waals surface area contributed by atoms with Gasteiger partial charge in [-0.2, -0.15) is 0 Å². The van der Waals surface area contributed by atoms with Crippen LogP contribution in [0.4, 0.5) is 4.79 Å². The van der Waals surface area contributed by atoms with Crippen LogP contribution in [-0.4, -0.2) is 53.4 Å². The zero-order chi connectivity index (χ0) is 13.5. The summed E-state index contributed by atoms with van der Waals surface area (Å²) in [4.78, 5) is 33.2. The fourth-order valence-corrected chi connectivity index (χ4v) is 1.63. The van der Waals surface area contributed by atoms with Gasteiger partial charge in [-0.15, -0.1) is 0 Å². The van der Waals surface area contributed by atoms with E-state index in [9.17, 15) is 14.4 Å². The largest absolute Gasteiger partial charge is 0.480 e. The van der Waals surface area contributed by atoms with Gasteiger partial charge in [0.15, 0.2) is 0 Å². The van der Waals surface area contributed by atoms with Crippen LogP contribution in [0.2, 0.25) is 0 Å². The molecule has 0 aromatic rings. The minimum absolute atomic E-state index is 0.0514. The van der Waals surface area contributed by atoms with Crippen molar-refractivity contribution in [1.82, 2.24) is 16.0 Å². The lowest BCUT2D eigenvalue weighted by Gasteiger charge is -2.24. The van der Waals surface area contributed by atoms with Crippen LogP contribution in [0.1, 0.15) is 19.3 Å². The maximum absolute atomic E-state index is 11.5. The van der Waals surface area contributed by atoms with Gasteiger partial charge in [0.2, 0.25) is 5.91 Å². The molecule has 0 radical (unpaired) electrons. The zero-order valence-electron chi connectivity index (χ0n) is 9.81. The van der Waals surface area contributed by atoms with E-state index in [1.54, 1.807) is 0 Å². The molecule has 5 N–H and O–H groups in total. The molecule has 0 aliphatic carbocycles. The Labute approximate surface area is 104 Å². The van der Waals surface area contributed by atoms with Gasteiger partial charge in [0.1, 0.15) is 6.04 Å². The Bertz CT molecular complexity index is 323. The van der Waals surface area contributed by atoms with Gasteiger partial charge in [0.05, 0.1) is 0 Å². The number of hydrogen-bond donors (Lipinski definition) is 5. The number of carboxylic acids is 1. The third-order valence-corrected chi connectivity index (χ3v) is 2.62. The van der Waals surface area contributed by atoms with E-state index in [0.717, 1.165) is 0 Å². The molecule has 1 saturated heterocycles. The molecule has 1 aliphatic heterocycles. The molecule has 1 rings (SSSR count). The van der Waals surface area contributed by atoms with Crippen molar-refractivity contribution in [1.29, 1.82) is 0 Å². The molecule has 0 saturated carbocycles. The molecular formula is C10H17N3O5. The Morgan fingerprint density at radius 2 is 2.22 bits per heavy atom. The molecule has 3 amide bonds. The van der Waals surface area contributed by atoms with Gasteiger partial charge >= 0.3 is 12.0 Å². The molecular weight excluding hydrogens is 242 g/mol. The van der Waals surface area contributed by atoms with E-state index in [0.29, 0.717) is 19.4 Å².